The molecule has 0 aliphatic heterocycles. The van der Waals surface area contributed by atoms with Crippen molar-refractivity contribution in [1.82, 2.24) is 4.90 Å². The molecule has 0 spiro atoms. The summed E-state index contributed by atoms with van der Waals surface area (Å²) in [6.45, 7) is 1.44. The number of carbonyl (C=O) groups is 1. The van der Waals surface area contributed by atoms with Gasteiger partial charge in [-0.15, -0.1) is 11.3 Å². The maximum atomic E-state index is 12.5. The molecule has 0 saturated heterocycles. The topological polar surface area (TPSA) is 52.9 Å². The fraction of sp³-hybridized carbons (Fsp3) is 0.333. The Morgan fingerprint density at radius 2 is 1.96 bits per heavy atom. The molecule has 5 heteroatoms. The minimum absolute atomic E-state index is 0.0259. The van der Waals surface area contributed by atoms with Crippen LogP contribution in [0, 0.1) is 0 Å². The first-order valence-electron chi connectivity index (χ1n) is 8.79. The number of allylic oxidation sites excluding steroid dienone is 2. The van der Waals surface area contributed by atoms with Crippen LogP contribution in [0.15, 0.2) is 58.8 Å². The van der Waals surface area contributed by atoms with Gasteiger partial charge in [0.2, 0.25) is 0 Å². The first kappa shape index (κ1) is 18.5. The van der Waals surface area contributed by atoms with Crippen LogP contribution in [0.4, 0.5) is 0 Å². The van der Waals surface area contributed by atoms with Crippen LogP contribution in [0.1, 0.15) is 23.6 Å². The lowest BCUT2D eigenvalue weighted by molar-refractivity contribution is -0.116. The molecule has 1 atom stereocenters. The van der Waals surface area contributed by atoms with Crippen molar-refractivity contribution in [3.63, 3.8) is 0 Å². The van der Waals surface area contributed by atoms with Gasteiger partial charge < -0.3 is 10.0 Å². The van der Waals surface area contributed by atoms with Gasteiger partial charge in [0.05, 0.1) is 12.1 Å². The molecule has 1 aliphatic carbocycles. The first-order valence-corrected chi connectivity index (χ1v) is 9.61. The summed E-state index contributed by atoms with van der Waals surface area (Å²) in [4.78, 5) is 21.1. The first-order chi connectivity index (χ1) is 12.5. The summed E-state index contributed by atoms with van der Waals surface area (Å²) in [5, 5.41) is 10.4. The van der Waals surface area contributed by atoms with Crippen molar-refractivity contribution in [3.8, 4) is 10.4 Å². The molecule has 0 saturated carbocycles. The molecule has 0 amide bonds. The molecule has 0 bridgehead atoms. The molecule has 1 aromatic carbocycles. The van der Waals surface area contributed by atoms with Crippen molar-refractivity contribution >= 4 is 23.3 Å². The zero-order chi connectivity index (χ0) is 18.5. The average molecular weight is 369 g/mol. The highest BCUT2D eigenvalue weighted by molar-refractivity contribution is 7.15. The Morgan fingerprint density at radius 1 is 1.19 bits per heavy atom. The van der Waals surface area contributed by atoms with Gasteiger partial charge in [0.1, 0.15) is 5.76 Å². The van der Waals surface area contributed by atoms with Crippen molar-refractivity contribution in [2.75, 3.05) is 27.2 Å². The van der Waals surface area contributed by atoms with Gasteiger partial charge in [-0.3, -0.25) is 9.79 Å². The Kier molecular flexibility index (Phi) is 6.01. The van der Waals surface area contributed by atoms with Crippen molar-refractivity contribution in [3.05, 3.63) is 58.7 Å². The van der Waals surface area contributed by atoms with Gasteiger partial charge >= 0.3 is 0 Å². The van der Waals surface area contributed by atoms with Crippen molar-refractivity contribution in [2.45, 2.75) is 18.8 Å². The van der Waals surface area contributed by atoms with Crippen LogP contribution in [0.5, 0.6) is 0 Å². The standard InChI is InChI=1S/C21H24N2O2S/c1-23(2)11-10-22-14-17-18(24)12-16(13-19(17)25)21-9-8-20(26-21)15-6-4-3-5-7-15/h3-9,14,16,24H,10-13H2,1-2H3. The van der Waals surface area contributed by atoms with Crippen LogP contribution in [-0.2, 0) is 4.79 Å². The Hall–Kier alpha value is -2.24. The molecule has 0 fully saturated rings. The van der Waals surface area contributed by atoms with Crippen LogP contribution in [0.2, 0.25) is 0 Å². The Bertz CT molecular complexity index is 822. The normalized spacial score (nSPS) is 18.3. The second-order valence-electron chi connectivity index (χ2n) is 6.80. The van der Waals surface area contributed by atoms with E-state index in [9.17, 15) is 9.90 Å². The number of aliphatic hydroxyl groups is 1. The molecule has 136 valence electrons. The predicted molar refractivity (Wildman–Crippen MR) is 108 cm³/mol. The van der Waals surface area contributed by atoms with Gasteiger partial charge in [-0.1, -0.05) is 30.3 Å². The Labute approximate surface area is 158 Å². The molecular weight excluding hydrogens is 344 g/mol. The molecular formula is C21H24N2O2S. The van der Waals surface area contributed by atoms with Gasteiger partial charge in [-0.2, -0.15) is 0 Å². The van der Waals surface area contributed by atoms with Crippen molar-refractivity contribution < 1.29 is 9.90 Å². The quantitative estimate of drug-likeness (QED) is 0.773. The number of aliphatic hydroxyl groups excluding tert-OH is 1. The monoisotopic (exact) mass is 368 g/mol. The van der Waals surface area contributed by atoms with Crippen LogP contribution in [-0.4, -0.2) is 49.2 Å². The van der Waals surface area contributed by atoms with E-state index in [0.717, 1.165) is 11.4 Å². The summed E-state index contributed by atoms with van der Waals surface area (Å²) >= 11 is 1.70. The molecule has 3 rings (SSSR count). The number of hydrogen-bond donors (Lipinski definition) is 1. The Morgan fingerprint density at radius 3 is 2.65 bits per heavy atom. The SMILES string of the molecule is CN(C)CCN=CC1=C(O)CC(c2ccc(-c3ccccc3)s2)CC1=O. The van der Waals surface area contributed by atoms with E-state index < -0.39 is 0 Å². The number of rotatable bonds is 6. The lowest BCUT2D eigenvalue weighted by Gasteiger charge is -2.21. The highest BCUT2D eigenvalue weighted by Gasteiger charge is 2.28. The molecule has 2 aromatic rings. The molecule has 1 heterocycles. The van der Waals surface area contributed by atoms with Gasteiger partial charge in [0.15, 0.2) is 5.78 Å². The molecule has 26 heavy (non-hydrogen) atoms. The third kappa shape index (κ3) is 4.48. The fourth-order valence-corrected chi connectivity index (χ4v) is 4.11. The summed E-state index contributed by atoms with van der Waals surface area (Å²) in [7, 11) is 3.96. The lowest BCUT2D eigenvalue weighted by atomic mass is 9.86. The Balaban J connectivity index is 1.71. The van der Waals surface area contributed by atoms with E-state index in [-0.39, 0.29) is 17.5 Å². The van der Waals surface area contributed by atoms with Crippen molar-refractivity contribution in [2.24, 2.45) is 4.99 Å². The summed E-state index contributed by atoms with van der Waals surface area (Å²) < 4.78 is 0. The van der Waals surface area contributed by atoms with Gasteiger partial charge in [0, 0.05) is 41.3 Å². The number of aliphatic imine (C=N–C) groups is 1. The minimum Gasteiger partial charge on any atom is -0.511 e. The number of carbonyl (C=O) groups excluding carboxylic acids is 1. The third-order valence-corrected chi connectivity index (χ3v) is 5.76. The zero-order valence-electron chi connectivity index (χ0n) is 15.2. The number of hydrogen-bond acceptors (Lipinski definition) is 5. The number of ketones is 1. The molecule has 1 unspecified atom stereocenters. The molecule has 1 N–H and O–H groups in total. The molecule has 4 nitrogen and oxygen atoms in total. The average Bonchev–Trinajstić information content (AvgIpc) is 3.11. The van der Waals surface area contributed by atoms with E-state index in [1.54, 1.807) is 17.6 Å². The number of benzene rings is 1. The van der Waals surface area contributed by atoms with Crippen LogP contribution in [0.25, 0.3) is 10.4 Å². The summed E-state index contributed by atoms with van der Waals surface area (Å²) in [6.07, 6.45) is 2.46. The van der Waals surface area contributed by atoms with Gasteiger partial charge in [-0.05, 0) is 31.8 Å². The van der Waals surface area contributed by atoms with Gasteiger partial charge in [0.25, 0.3) is 0 Å². The van der Waals surface area contributed by atoms with Crippen LogP contribution < -0.4 is 0 Å². The summed E-state index contributed by atoms with van der Waals surface area (Å²) in [5.74, 6) is 0.181. The fourth-order valence-electron chi connectivity index (χ4n) is 3.00. The van der Waals surface area contributed by atoms with Crippen LogP contribution in [0.3, 0.4) is 0 Å². The van der Waals surface area contributed by atoms with Crippen molar-refractivity contribution in [1.29, 1.82) is 0 Å². The van der Waals surface area contributed by atoms with E-state index >= 15 is 0 Å². The third-order valence-electron chi connectivity index (χ3n) is 4.47. The highest BCUT2D eigenvalue weighted by atomic mass is 32.1. The highest BCUT2D eigenvalue weighted by Crippen LogP contribution is 2.39. The number of thiophene rings is 1. The van der Waals surface area contributed by atoms with E-state index in [1.807, 2.05) is 37.2 Å². The second-order valence-corrected chi connectivity index (χ2v) is 7.91. The van der Waals surface area contributed by atoms with Crippen LogP contribution >= 0.6 is 11.3 Å². The van der Waals surface area contributed by atoms with E-state index in [0.29, 0.717) is 25.0 Å². The van der Waals surface area contributed by atoms with E-state index in [4.69, 9.17) is 0 Å². The number of likely N-dealkylation sites (N-methyl/N-ethyl adjacent to an activating group) is 1. The molecule has 1 aromatic heterocycles. The summed E-state index contributed by atoms with van der Waals surface area (Å²) in [5.41, 5.74) is 1.55. The molecule has 1 aliphatic rings. The largest absolute Gasteiger partial charge is 0.511 e. The second kappa shape index (κ2) is 8.43. The maximum Gasteiger partial charge on any atom is 0.168 e. The van der Waals surface area contributed by atoms with Gasteiger partial charge in [-0.25, -0.2) is 0 Å². The van der Waals surface area contributed by atoms with E-state index in [1.165, 1.54) is 10.4 Å². The lowest BCUT2D eigenvalue weighted by Crippen LogP contribution is -2.19. The maximum absolute atomic E-state index is 12.5. The van der Waals surface area contributed by atoms with E-state index in [2.05, 4.69) is 29.3 Å². The smallest absolute Gasteiger partial charge is 0.168 e. The number of Topliss-reactive ketones (excluding diaryl/α,β-unsaturated/α-hetero) is 1. The zero-order valence-corrected chi connectivity index (χ0v) is 16.0. The predicted octanol–water partition coefficient (Wildman–Crippen LogP) is 4.31. The summed E-state index contributed by atoms with van der Waals surface area (Å²) in [6, 6.07) is 14.4. The molecule has 0 radical (unpaired) electrons. The minimum atomic E-state index is -0.0259. The number of nitrogens with zero attached hydrogens (tertiary/aromatic N) is 2.